The Morgan fingerprint density at radius 2 is 2.00 bits per heavy atom. The van der Waals surface area contributed by atoms with Crippen molar-refractivity contribution in [3.05, 3.63) is 42.2 Å². The number of para-hydroxylation sites is 1. The highest BCUT2D eigenvalue weighted by Crippen LogP contribution is 2.34. The lowest BCUT2D eigenvalue weighted by atomic mass is 9.76. The lowest BCUT2D eigenvalue weighted by molar-refractivity contribution is -0.130. The van der Waals surface area contributed by atoms with Crippen molar-refractivity contribution in [2.75, 3.05) is 0 Å². The van der Waals surface area contributed by atoms with Gasteiger partial charge in [-0.25, -0.2) is 9.78 Å². The molecule has 0 atom stereocenters. The van der Waals surface area contributed by atoms with E-state index in [2.05, 4.69) is 20.9 Å². The molecule has 2 fully saturated rings. The van der Waals surface area contributed by atoms with E-state index in [0.29, 0.717) is 43.7 Å². The van der Waals surface area contributed by atoms with E-state index in [4.69, 9.17) is 4.42 Å². The smallest absolute Gasteiger partial charge is 0.322 e. The largest absolute Gasteiger partial charge is 0.457 e. The van der Waals surface area contributed by atoms with E-state index in [1.165, 1.54) is 0 Å². The molecule has 1 spiro atoms. The molecule has 1 saturated heterocycles. The summed E-state index contributed by atoms with van der Waals surface area (Å²) in [5.41, 5.74) is 0.0899. The maximum absolute atomic E-state index is 12.6. The minimum absolute atomic E-state index is 0.0625. The number of carbonyl (C=O) groups excluding carboxylic acids is 3. The second-order valence-corrected chi connectivity index (χ2v) is 8.77. The van der Waals surface area contributed by atoms with Crippen LogP contribution in [-0.2, 0) is 16.1 Å². The molecule has 1 saturated carbocycles. The zero-order chi connectivity index (χ0) is 20.7. The SMILES string of the molecule is O=C1NC(=O)C2(CCC(C(=O)NCc3ccc(-c4nc5ccccc5s4)o3)CC2)N1. The van der Waals surface area contributed by atoms with E-state index in [9.17, 15) is 14.4 Å². The van der Waals surface area contributed by atoms with E-state index in [1.54, 1.807) is 11.3 Å². The first-order chi connectivity index (χ1) is 14.5. The topological polar surface area (TPSA) is 113 Å². The molecule has 2 aromatic heterocycles. The van der Waals surface area contributed by atoms with Gasteiger partial charge in [-0.1, -0.05) is 12.1 Å². The zero-order valence-corrected chi connectivity index (χ0v) is 16.9. The Bertz CT molecular complexity index is 1110. The standard InChI is InChI=1S/C21H20N4O4S/c26-17(12-7-9-21(10-8-12)19(27)24-20(28)25-21)22-11-13-5-6-15(29-13)18-23-14-3-1-2-4-16(14)30-18/h1-6,12H,7-11H2,(H,22,26)(H2,24,25,27,28). The van der Waals surface area contributed by atoms with Gasteiger partial charge in [0, 0.05) is 5.92 Å². The number of furan rings is 1. The fraction of sp³-hybridized carbons (Fsp3) is 0.333. The van der Waals surface area contributed by atoms with E-state index in [1.807, 2.05) is 36.4 Å². The Labute approximate surface area is 176 Å². The van der Waals surface area contributed by atoms with Crippen molar-refractivity contribution in [2.24, 2.45) is 5.92 Å². The Morgan fingerprint density at radius 3 is 2.73 bits per heavy atom. The summed E-state index contributed by atoms with van der Waals surface area (Å²) in [6.45, 7) is 0.294. The molecule has 4 amide bonds. The number of nitrogens with zero attached hydrogens (tertiary/aromatic N) is 1. The fourth-order valence-corrected chi connectivity index (χ4v) is 5.06. The average molecular weight is 424 g/mol. The molecule has 0 bridgehead atoms. The third-order valence-corrected chi connectivity index (χ3v) is 6.88. The van der Waals surface area contributed by atoms with Gasteiger partial charge in [0.25, 0.3) is 5.91 Å². The van der Waals surface area contributed by atoms with Gasteiger partial charge in [0.15, 0.2) is 10.8 Å². The summed E-state index contributed by atoms with van der Waals surface area (Å²) >= 11 is 1.57. The quantitative estimate of drug-likeness (QED) is 0.557. The van der Waals surface area contributed by atoms with Crippen LogP contribution in [0.5, 0.6) is 0 Å². The molecule has 1 aliphatic heterocycles. The Morgan fingerprint density at radius 1 is 1.20 bits per heavy atom. The van der Waals surface area contributed by atoms with Crippen LogP contribution in [0.15, 0.2) is 40.8 Å². The normalized spacial score (nSPS) is 23.5. The molecule has 30 heavy (non-hydrogen) atoms. The van der Waals surface area contributed by atoms with Crippen LogP contribution in [0.3, 0.4) is 0 Å². The van der Waals surface area contributed by atoms with E-state index in [-0.39, 0.29) is 17.7 Å². The molecule has 1 aliphatic carbocycles. The van der Waals surface area contributed by atoms with Gasteiger partial charge in [-0.3, -0.25) is 14.9 Å². The molecule has 2 aliphatic rings. The molecule has 1 aromatic carbocycles. The Hall–Kier alpha value is -3.20. The number of hydrogen-bond acceptors (Lipinski definition) is 6. The van der Waals surface area contributed by atoms with Gasteiger partial charge in [0.05, 0.1) is 16.8 Å². The molecule has 3 N–H and O–H groups in total. The second-order valence-electron chi connectivity index (χ2n) is 7.74. The number of fused-ring (bicyclic) bond motifs is 1. The van der Waals surface area contributed by atoms with E-state index in [0.717, 1.165) is 15.2 Å². The number of aromatic nitrogens is 1. The van der Waals surface area contributed by atoms with Gasteiger partial charge in [-0.15, -0.1) is 11.3 Å². The molecule has 0 radical (unpaired) electrons. The van der Waals surface area contributed by atoms with Gasteiger partial charge >= 0.3 is 6.03 Å². The predicted molar refractivity (Wildman–Crippen MR) is 111 cm³/mol. The Balaban J connectivity index is 1.18. The average Bonchev–Trinajstić information content (AvgIpc) is 3.44. The maximum Gasteiger partial charge on any atom is 0.322 e. The Kier molecular flexibility index (Phi) is 4.54. The minimum atomic E-state index is -0.846. The van der Waals surface area contributed by atoms with Crippen molar-refractivity contribution in [3.63, 3.8) is 0 Å². The van der Waals surface area contributed by atoms with Crippen molar-refractivity contribution in [3.8, 4) is 10.8 Å². The van der Waals surface area contributed by atoms with Crippen LogP contribution in [0, 0.1) is 5.92 Å². The number of benzene rings is 1. The summed E-state index contributed by atoms with van der Waals surface area (Å²) in [4.78, 5) is 40.6. The monoisotopic (exact) mass is 424 g/mol. The van der Waals surface area contributed by atoms with Gasteiger partial charge in [-0.05, 0) is 49.9 Å². The summed E-state index contributed by atoms with van der Waals surface area (Å²) in [5.74, 6) is 0.812. The van der Waals surface area contributed by atoms with Crippen LogP contribution >= 0.6 is 11.3 Å². The molecule has 0 unspecified atom stereocenters. The summed E-state index contributed by atoms with van der Waals surface area (Å²) in [6, 6.07) is 11.2. The van der Waals surface area contributed by atoms with Crippen molar-refractivity contribution in [1.29, 1.82) is 0 Å². The lowest BCUT2D eigenvalue weighted by Crippen LogP contribution is -2.50. The number of imide groups is 1. The highest BCUT2D eigenvalue weighted by Gasteiger charge is 2.48. The van der Waals surface area contributed by atoms with Gasteiger partial charge in [0.2, 0.25) is 5.91 Å². The predicted octanol–water partition coefficient (Wildman–Crippen LogP) is 2.94. The summed E-state index contributed by atoms with van der Waals surface area (Å²) in [6.07, 6.45) is 2.03. The number of urea groups is 1. The second kappa shape index (κ2) is 7.24. The number of carbonyl (C=O) groups is 3. The van der Waals surface area contributed by atoms with Crippen molar-refractivity contribution >= 4 is 39.4 Å². The number of thiazole rings is 1. The molecular formula is C21H20N4O4S. The maximum atomic E-state index is 12.6. The highest BCUT2D eigenvalue weighted by molar-refractivity contribution is 7.21. The number of amides is 4. The first-order valence-corrected chi connectivity index (χ1v) is 10.7. The number of hydrogen-bond donors (Lipinski definition) is 3. The third kappa shape index (κ3) is 3.35. The van der Waals surface area contributed by atoms with Crippen molar-refractivity contribution in [2.45, 2.75) is 37.8 Å². The molecule has 8 nitrogen and oxygen atoms in total. The molecule has 9 heteroatoms. The van der Waals surface area contributed by atoms with Gasteiger partial charge < -0.3 is 15.1 Å². The third-order valence-electron chi connectivity index (χ3n) is 5.83. The highest BCUT2D eigenvalue weighted by atomic mass is 32.1. The summed E-state index contributed by atoms with van der Waals surface area (Å²) in [7, 11) is 0. The van der Waals surface area contributed by atoms with Crippen LogP contribution in [0.25, 0.3) is 21.0 Å². The van der Waals surface area contributed by atoms with Crippen LogP contribution in [0.2, 0.25) is 0 Å². The first kappa shape index (κ1) is 18.8. The molecule has 5 rings (SSSR count). The lowest BCUT2D eigenvalue weighted by Gasteiger charge is -2.33. The molecular weight excluding hydrogens is 404 g/mol. The van der Waals surface area contributed by atoms with E-state index < -0.39 is 11.6 Å². The first-order valence-electron chi connectivity index (χ1n) is 9.88. The summed E-state index contributed by atoms with van der Waals surface area (Å²) in [5, 5.41) is 8.73. The fourth-order valence-electron chi connectivity index (χ4n) is 4.14. The van der Waals surface area contributed by atoms with Crippen LogP contribution in [0.4, 0.5) is 4.79 Å². The number of rotatable bonds is 4. The van der Waals surface area contributed by atoms with Gasteiger partial charge in [0.1, 0.15) is 11.3 Å². The van der Waals surface area contributed by atoms with Gasteiger partial charge in [-0.2, -0.15) is 0 Å². The number of nitrogens with one attached hydrogen (secondary N) is 3. The zero-order valence-electron chi connectivity index (χ0n) is 16.1. The van der Waals surface area contributed by atoms with Crippen molar-refractivity contribution in [1.82, 2.24) is 20.9 Å². The molecule has 3 aromatic rings. The van der Waals surface area contributed by atoms with E-state index >= 15 is 0 Å². The summed E-state index contributed by atoms with van der Waals surface area (Å²) < 4.78 is 6.97. The van der Waals surface area contributed by atoms with Crippen molar-refractivity contribution < 1.29 is 18.8 Å². The van der Waals surface area contributed by atoms with Crippen LogP contribution in [0.1, 0.15) is 31.4 Å². The van der Waals surface area contributed by atoms with Crippen LogP contribution < -0.4 is 16.0 Å². The van der Waals surface area contributed by atoms with Crippen LogP contribution in [-0.4, -0.2) is 28.4 Å². The minimum Gasteiger partial charge on any atom is -0.457 e. The molecule has 154 valence electrons. The molecule has 3 heterocycles.